The van der Waals surface area contributed by atoms with Crippen molar-refractivity contribution < 1.29 is 19.8 Å². The van der Waals surface area contributed by atoms with Gasteiger partial charge in [0.1, 0.15) is 6.04 Å². The number of amides is 1. The van der Waals surface area contributed by atoms with Gasteiger partial charge in [0.15, 0.2) is 0 Å². The van der Waals surface area contributed by atoms with E-state index in [4.69, 9.17) is 10.2 Å². The Morgan fingerprint density at radius 3 is 2.74 bits per heavy atom. The summed E-state index contributed by atoms with van der Waals surface area (Å²) in [4.78, 5) is 25.9. The molecule has 1 aromatic heterocycles. The van der Waals surface area contributed by atoms with Gasteiger partial charge in [0.05, 0.1) is 5.56 Å². The van der Waals surface area contributed by atoms with Crippen LogP contribution in [0, 0.1) is 0 Å². The molecule has 0 aliphatic carbocycles. The molecule has 2 rings (SSSR count). The monoisotopic (exact) mass is 262 g/mol. The Balaban J connectivity index is 2.22. The summed E-state index contributed by atoms with van der Waals surface area (Å²) in [5.74, 6) is -1.64. The first-order valence-electron chi connectivity index (χ1n) is 5.84. The highest BCUT2D eigenvalue weighted by Gasteiger charge is 2.21. The average Bonchev–Trinajstić information content (AvgIpc) is 2.81. The smallest absolute Gasteiger partial charge is 0.326 e. The predicted octanol–water partition coefficient (Wildman–Crippen LogP) is 0.733. The topological polar surface area (TPSA) is 102 Å². The first kappa shape index (κ1) is 13.1. The molecular formula is C13H14N2O4. The lowest BCUT2D eigenvalue weighted by molar-refractivity contribution is -0.139. The SMILES string of the molecule is O=C(N[C@@H](CCO)C(=O)O)c1c[nH]c2ccccc12. The molecule has 0 spiro atoms. The number of carboxylic acids is 1. The van der Waals surface area contributed by atoms with E-state index in [1.807, 2.05) is 12.1 Å². The average molecular weight is 262 g/mol. The highest BCUT2D eigenvalue weighted by atomic mass is 16.4. The zero-order valence-electron chi connectivity index (χ0n) is 10.1. The van der Waals surface area contributed by atoms with E-state index in [0.29, 0.717) is 5.56 Å². The number of para-hydroxylation sites is 1. The fourth-order valence-electron chi connectivity index (χ4n) is 1.88. The second-order valence-electron chi connectivity index (χ2n) is 4.12. The maximum absolute atomic E-state index is 12.0. The third-order valence-corrected chi connectivity index (χ3v) is 2.86. The third kappa shape index (κ3) is 2.74. The van der Waals surface area contributed by atoms with E-state index in [-0.39, 0.29) is 13.0 Å². The largest absolute Gasteiger partial charge is 0.480 e. The number of carbonyl (C=O) groups excluding carboxylic acids is 1. The van der Waals surface area contributed by atoms with Gasteiger partial charge in [-0.2, -0.15) is 0 Å². The van der Waals surface area contributed by atoms with Gasteiger partial charge in [-0.15, -0.1) is 0 Å². The van der Waals surface area contributed by atoms with Crippen molar-refractivity contribution in [3.8, 4) is 0 Å². The summed E-state index contributed by atoms with van der Waals surface area (Å²) in [6.07, 6.45) is 1.52. The molecule has 0 aliphatic heterocycles. The van der Waals surface area contributed by atoms with Crippen molar-refractivity contribution in [2.75, 3.05) is 6.61 Å². The lowest BCUT2D eigenvalue weighted by atomic mass is 10.1. The Bertz CT molecular complexity index is 605. The van der Waals surface area contributed by atoms with Crippen LogP contribution in [0.4, 0.5) is 0 Å². The number of fused-ring (bicyclic) bond motifs is 1. The molecule has 1 atom stereocenters. The van der Waals surface area contributed by atoms with E-state index in [9.17, 15) is 9.59 Å². The van der Waals surface area contributed by atoms with E-state index in [0.717, 1.165) is 10.9 Å². The van der Waals surface area contributed by atoms with Crippen molar-refractivity contribution in [1.29, 1.82) is 0 Å². The van der Waals surface area contributed by atoms with Crippen LogP contribution in [0.1, 0.15) is 16.8 Å². The number of aromatic amines is 1. The van der Waals surface area contributed by atoms with E-state index in [1.54, 1.807) is 12.1 Å². The second-order valence-corrected chi connectivity index (χ2v) is 4.12. The summed E-state index contributed by atoms with van der Waals surface area (Å²) < 4.78 is 0. The molecule has 1 aromatic carbocycles. The first-order chi connectivity index (χ1) is 9.13. The molecule has 19 heavy (non-hydrogen) atoms. The molecule has 100 valence electrons. The molecule has 0 radical (unpaired) electrons. The van der Waals surface area contributed by atoms with Crippen molar-refractivity contribution >= 4 is 22.8 Å². The second kappa shape index (κ2) is 5.53. The molecule has 0 bridgehead atoms. The van der Waals surface area contributed by atoms with Crippen molar-refractivity contribution in [1.82, 2.24) is 10.3 Å². The number of aliphatic hydroxyl groups excluding tert-OH is 1. The van der Waals surface area contributed by atoms with Gasteiger partial charge in [-0.3, -0.25) is 4.79 Å². The number of rotatable bonds is 5. The highest BCUT2D eigenvalue weighted by Crippen LogP contribution is 2.17. The summed E-state index contributed by atoms with van der Waals surface area (Å²) in [5, 5.41) is 20.8. The Morgan fingerprint density at radius 1 is 1.32 bits per heavy atom. The predicted molar refractivity (Wildman–Crippen MR) is 68.9 cm³/mol. The van der Waals surface area contributed by atoms with Crippen LogP contribution in [-0.4, -0.2) is 39.7 Å². The Kier molecular flexibility index (Phi) is 3.82. The summed E-state index contributed by atoms with van der Waals surface area (Å²) in [6.45, 7) is -0.300. The zero-order chi connectivity index (χ0) is 13.8. The van der Waals surface area contributed by atoms with Crippen LogP contribution in [0.5, 0.6) is 0 Å². The molecule has 0 fully saturated rings. The fraction of sp³-hybridized carbons (Fsp3) is 0.231. The molecule has 0 saturated carbocycles. The quantitative estimate of drug-likeness (QED) is 0.638. The maximum Gasteiger partial charge on any atom is 0.326 e. The highest BCUT2D eigenvalue weighted by molar-refractivity contribution is 6.07. The van der Waals surface area contributed by atoms with Gasteiger partial charge >= 0.3 is 5.97 Å². The number of aromatic nitrogens is 1. The normalized spacial score (nSPS) is 12.3. The van der Waals surface area contributed by atoms with Crippen LogP contribution >= 0.6 is 0 Å². The van der Waals surface area contributed by atoms with Crippen LogP contribution in [0.3, 0.4) is 0 Å². The number of carbonyl (C=O) groups is 2. The van der Waals surface area contributed by atoms with Crippen molar-refractivity contribution in [2.45, 2.75) is 12.5 Å². The third-order valence-electron chi connectivity index (χ3n) is 2.86. The Hall–Kier alpha value is -2.34. The summed E-state index contributed by atoms with van der Waals surface area (Å²) in [6, 6.07) is 6.16. The Morgan fingerprint density at radius 2 is 2.05 bits per heavy atom. The summed E-state index contributed by atoms with van der Waals surface area (Å²) in [5.41, 5.74) is 1.20. The molecule has 4 N–H and O–H groups in total. The van der Waals surface area contributed by atoms with Gasteiger partial charge in [-0.25, -0.2) is 4.79 Å². The molecule has 1 amide bonds. The minimum Gasteiger partial charge on any atom is -0.480 e. The van der Waals surface area contributed by atoms with Crippen LogP contribution in [0.25, 0.3) is 10.9 Å². The van der Waals surface area contributed by atoms with Gasteiger partial charge < -0.3 is 20.5 Å². The van der Waals surface area contributed by atoms with Crippen molar-refractivity contribution in [3.05, 3.63) is 36.0 Å². The number of nitrogens with one attached hydrogen (secondary N) is 2. The summed E-state index contributed by atoms with van der Waals surface area (Å²) >= 11 is 0. The fourth-order valence-corrected chi connectivity index (χ4v) is 1.88. The molecule has 0 unspecified atom stereocenters. The molecular weight excluding hydrogens is 248 g/mol. The molecule has 6 nitrogen and oxygen atoms in total. The van der Waals surface area contributed by atoms with Gasteiger partial charge in [-0.1, -0.05) is 18.2 Å². The van der Waals surface area contributed by atoms with E-state index >= 15 is 0 Å². The molecule has 1 heterocycles. The minimum absolute atomic E-state index is 0.0244. The standard InChI is InChI=1S/C13H14N2O4/c16-6-5-11(13(18)19)15-12(17)9-7-14-10-4-2-1-3-8(9)10/h1-4,7,11,14,16H,5-6H2,(H,15,17)(H,18,19)/t11-/m0/s1. The maximum atomic E-state index is 12.0. The van der Waals surface area contributed by atoms with Gasteiger partial charge in [0, 0.05) is 30.1 Å². The van der Waals surface area contributed by atoms with Crippen molar-refractivity contribution in [3.63, 3.8) is 0 Å². The van der Waals surface area contributed by atoms with Crippen LogP contribution in [0.2, 0.25) is 0 Å². The molecule has 6 heteroatoms. The number of H-pyrrole nitrogens is 1. The van der Waals surface area contributed by atoms with E-state index in [2.05, 4.69) is 10.3 Å². The number of carboxylic acid groups (broad SMARTS) is 1. The number of hydrogen-bond donors (Lipinski definition) is 4. The summed E-state index contributed by atoms with van der Waals surface area (Å²) in [7, 11) is 0. The minimum atomic E-state index is -1.16. The van der Waals surface area contributed by atoms with E-state index in [1.165, 1.54) is 6.20 Å². The lowest BCUT2D eigenvalue weighted by Crippen LogP contribution is -2.41. The van der Waals surface area contributed by atoms with Crippen LogP contribution in [0.15, 0.2) is 30.5 Å². The Labute approximate surface area is 109 Å². The van der Waals surface area contributed by atoms with Crippen LogP contribution < -0.4 is 5.32 Å². The molecule has 2 aromatic rings. The van der Waals surface area contributed by atoms with E-state index < -0.39 is 17.9 Å². The molecule has 0 aliphatic rings. The first-order valence-corrected chi connectivity index (χ1v) is 5.84. The molecule has 0 saturated heterocycles. The van der Waals surface area contributed by atoms with Gasteiger partial charge in [0.25, 0.3) is 5.91 Å². The number of benzene rings is 1. The van der Waals surface area contributed by atoms with Crippen molar-refractivity contribution in [2.24, 2.45) is 0 Å². The van der Waals surface area contributed by atoms with Gasteiger partial charge in [-0.05, 0) is 6.07 Å². The van der Waals surface area contributed by atoms with Crippen LogP contribution in [-0.2, 0) is 4.79 Å². The lowest BCUT2D eigenvalue weighted by Gasteiger charge is -2.12. The number of aliphatic carboxylic acids is 1. The van der Waals surface area contributed by atoms with Gasteiger partial charge in [0.2, 0.25) is 0 Å². The zero-order valence-corrected chi connectivity index (χ0v) is 10.1. The number of hydrogen-bond acceptors (Lipinski definition) is 3. The number of aliphatic hydroxyl groups is 1.